The number of nitrogens with one attached hydrogen (secondary N) is 1. The van der Waals surface area contributed by atoms with E-state index in [1.54, 1.807) is 0 Å². The van der Waals surface area contributed by atoms with Gasteiger partial charge in [-0.05, 0) is 42.0 Å². The van der Waals surface area contributed by atoms with Crippen molar-refractivity contribution < 1.29 is 0 Å². The molecule has 0 aromatic carbocycles. The third-order valence-electron chi connectivity index (χ3n) is 2.72. The van der Waals surface area contributed by atoms with E-state index >= 15 is 0 Å². The van der Waals surface area contributed by atoms with E-state index in [9.17, 15) is 0 Å². The van der Waals surface area contributed by atoms with E-state index in [0.717, 1.165) is 0 Å². The molecule has 0 aliphatic rings. The standard InChI is InChI=1S/C10H16BrNS/c1-7(12-4)10(2,3)8-5-6-9(11)13-8/h5-7,12H,1-4H3. The van der Waals surface area contributed by atoms with Crippen molar-refractivity contribution in [3.63, 3.8) is 0 Å². The molecule has 0 aliphatic carbocycles. The van der Waals surface area contributed by atoms with E-state index in [2.05, 4.69) is 54.2 Å². The Morgan fingerprint density at radius 1 is 1.46 bits per heavy atom. The smallest absolute Gasteiger partial charge is 0.0701 e. The second kappa shape index (κ2) is 4.11. The topological polar surface area (TPSA) is 12.0 Å². The Morgan fingerprint density at radius 2 is 2.08 bits per heavy atom. The summed E-state index contributed by atoms with van der Waals surface area (Å²) >= 11 is 5.31. The van der Waals surface area contributed by atoms with Gasteiger partial charge in [-0.1, -0.05) is 13.8 Å². The van der Waals surface area contributed by atoms with E-state index in [1.165, 1.54) is 8.66 Å². The van der Waals surface area contributed by atoms with Gasteiger partial charge in [0.15, 0.2) is 0 Å². The lowest BCUT2D eigenvalue weighted by atomic mass is 9.84. The molecule has 0 bridgehead atoms. The minimum absolute atomic E-state index is 0.200. The highest BCUT2D eigenvalue weighted by Crippen LogP contribution is 2.34. The van der Waals surface area contributed by atoms with Crippen LogP contribution in [0.2, 0.25) is 0 Å². The zero-order valence-electron chi connectivity index (χ0n) is 8.52. The SMILES string of the molecule is CNC(C)C(C)(C)c1ccc(Br)s1. The normalized spacial score (nSPS) is 14.5. The molecule has 74 valence electrons. The fourth-order valence-corrected chi connectivity index (χ4v) is 2.81. The first-order valence-electron chi connectivity index (χ1n) is 4.41. The van der Waals surface area contributed by atoms with Crippen LogP contribution in [0.15, 0.2) is 15.9 Å². The van der Waals surface area contributed by atoms with Crippen LogP contribution in [-0.4, -0.2) is 13.1 Å². The summed E-state index contributed by atoms with van der Waals surface area (Å²) in [5, 5.41) is 3.30. The average molecular weight is 262 g/mol. The van der Waals surface area contributed by atoms with Gasteiger partial charge in [-0.2, -0.15) is 0 Å². The number of hydrogen-bond acceptors (Lipinski definition) is 2. The number of thiophene rings is 1. The maximum atomic E-state index is 3.49. The van der Waals surface area contributed by atoms with Gasteiger partial charge in [-0.3, -0.25) is 0 Å². The van der Waals surface area contributed by atoms with Crippen LogP contribution in [0.4, 0.5) is 0 Å². The highest BCUT2D eigenvalue weighted by Gasteiger charge is 2.28. The first-order chi connectivity index (χ1) is 5.98. The molecule has 0 fully saturated rings. The zero-order valence-corrected chi connectivity index (χ0v) is 10.9. The molecule has 0 radical (unpaired) electrons. The Labute approximate surface area is 92.7 Å². The summed E-state index contributed by atoms with van der Waals surface area (Å²) in [5.74, 6) is 0. The minimum Gasteiger partial charge on any atom is -0.316 e. The lowest BCUT2D eigenvalue weighted by Gasteiger charge is -2.30. The molecule has 1 atom stereocenters. The minimum atomic E-state index is 0.200. The second-order valence-electron chi connectivity index (χ2n) is 3.84. The summed E-state index contributed by atoms with van der Waals surface area (Å²) < 4.78 is 1.21. The Balaban J connectivity index is 2.92. The Morgan fingerprint density at radius 3 is 2.46 bits per heavy atom. The van der Waals surface area contributed by atoms with Crippen LogP contribution in [0.25, 0.3) is 0 Å². The molecule has 0 aliphatic heterocycles. The van der Waals surface area contributed by atoms with Crippen molar-refractivity contribution >= 4 is 27.3 Å². The van der Waals surface area contributed by atoms with Crippen molar-refractivity contribution in [2.75, 3.05) is 7.05 Å². The molecule has 1 heterocycles. The van der Waals surface area contributed by atoms with Crippen molar-refractivity contribution in [3.8, 4) is 0 Å². The fourth-order valence-electron chi connectivity index (χ4n) is 1.23. The summed E-state index contributed by atoms with van der Waals surface area (Å²) in [7, 11) is 2.01. The van der Waals surface area contributed by atoms with Gasteiger partial charge in [-0.15, -0.1) is 11.3 Å². The van der Waals surface area contributed by atoms with Crippen LogP contribution in [0, 0.1) is 0 Å². The van der Waals surface area contributed by atoms with Crippen LogP contribution in [-0.2, 0) is 5.41 Å². The van der Waals surface area contributed by atoms with Crippen molar-refractivity contribution in [2.24, 2.45) is 0 Å². The molecule has 0 saturated heterocycles. The predicted octanol–water partition coefficient (Wildman–Crippen LogP) is 3.40. The fraction of sp³-hybridized carbons (Fsp3) is 0.600. The molecule has 1 aromatic heterocycles. The summed E-state index contributed by atoms with van der Waals surface area (Å²) in [4.78, 5) is 1.42. The molecule has 0 saturated carbocycles. The van der Waals surface area contributed by atoms with Crippen molar-refractivity contribution in [3.05, 3.63) is 20.8 Å². The molecular weight excluding hydrogens is 246 g/mol. The van der Waals surface area contributed by atoms with Crippen molar-refractivity contribution in [2.45, 2.75) is 32.2 Å². The molecule has 1 rings (SSSR count). The second-order valence-corrected chi connectivity index (χ2v) is 6.30. The van der Waals surface area contributed by atoms with E-state index in [1.807, 2.05) is 18.4 Å². The highest BCUT2D eigenvalue weighted by molar-refractivity contribution is 9.11. The quantitative estimate of drug-likeness (QED) is 0.880. The third kappa shape index (κ3) is 2.33. The van der Waals surface area contributed by atoms with E-state index < -0.39 is 0 Å². The van der Waals surface area contributed by atoms with Gasteiger partial charge < -0.3 is 5.32 Å². The lowest BCUT2D eigenvalue weighted by Crippen LogP contribution is -2.40. The van der Waals surface area contributed by atoms with Crippen LogP contribution >= 0.6 is 27.3 Å². The Bertz CT molecular complexity index is 280. The molecular formula is C10H16BrNS. The first kappa shape index (κ1) is 11.2. The maximum Gasteiger partial charge on any atom is 0.0701 e. The van der Waals surface area contributed by atoms with E-state index in [-0.39, 0.29) is 5.41 Å². The molecule has 1 nitrogen and oxygen atoms in total. The molecule has 0 amide bonds. The van der Waals surface area contributed by atoms with Gasteiger partial charge in [-0.25, -0.2) is 0 Å². The van der Waals surface area contributed by atoms with E-state index in [4.69, 9.17) is 0 Å². The number of hydrogen-bond donors (Lipinski definition) is 1. The molecule has 1 aromatic rings. The van der Waals surface area contributed by atoms with Crippen LogP contribution in [0.5, 0.6) is 0 Å². The van der Waals surface area contributed by atoms with Gasteiger partial charge in [0.1, 0.15) is 0 Å². The van der Waals surface area contributed by atoms with Crippen molar-refractivity contribution in [1.29, 1.82) is 0 Å². The number of halogens is 1. The van der Waals surface area contributed by atoms with Crippen LogP contribution < -0.4 is 5.32 Å². The summed E-state index contributed by atoms with van der Waals surface area (Å²) in [5.41, 5.74) is 0.200. The Hall–Kier alpha value is 0.140. The van der Waals surface area contributed by atoms with Crippen molar-refractivity contribution in [1.82, 2.24) is 5.32 Å². The maximum absolute atomic E-state index is 3.49. The van der Waals surface area contributed by atoms with E-state index in [0.29, 0.717) is 6.04 Å². The van der Waals surface area contributed by atoms with Gasteiger partial charge >= 0.3 is 0 Å². The molecule has 3 heteroatoms. The molecule has 13 heavy (non-hydrogen) atoms. The number of rotatable bonds is 3. The summed E-state index contributed by atoms with van der Waals surface area (Å²) in [6, 6.07) is 4.80. The van der Waals surface area contributed by atoms with Gasteiger partial charge in [0.05, 0.1) is 3.79 Å². The van der Waals surface area contributed by atoms with Gasteiger partial charge in [0.25, 0.3) is 0 Å². The van der Waals surface area contributed by atoms with Crippen LogP contribution in [0.3, 0.4) is 0 Å². The summed E-state index contributed by atoms with van der Waals surface area (Å²) in [6.07, 6.45) is 0. The van der Waals surface area contributed by atoms with Crippen LogP contribution in [0.1, 0.15) is 25.6 Å². The number of likely N-dealkylation sites (N-methyl/N-ethyl adjacent to an activating group) is 1. The Kier molecular flexibility index (Phi) is 3.55. The average Bonchev–Trinajstić information content (AvgIpc) is 2.50. The summed E-state index contributed by atoms with van der Waals surface area (Å²) in [6.45, 7) is 6.76. The zero-order chi connectivity index (χ0) is 10.1. The largest absolute Gasteiger partial charge is 0.316 e. The van der Waals surface area contributed by atoms with Gasteiger partial charge in [0, 0.05) is 16.3 Å². The molecule has 1 N–H and O–H groups in total. The first-order valence-corrected chi connectivity index (χ1v) is 6.02. The van der Waals surface area contributed by atoms with Gasteiger partial charge in [0.2, 0.25) is 0 Å². The third-order valence-corrected chi connectivity index (χ3v) is 4.69. The monoisotopic (exact) mass is 261 g/mol. The highest BCUT2D eigenvalue weighted by atomic mass is 79.9. The predicted molar refractivity (Wildman–Crippen MR) is 63.6 cm³/mol. The lowest BCUT2D eigenvalue weighted by molar-refractivity contribution is 0.390. The molecule has 0 spiro atoms. The molecule has 1 unspecified atom stereocenters.